The lowest BCUT2D eigenvalue weighted by Gasteiger charge is -2.33. The van der Waals surface area contributed by atoms with Crippen LogP contribution in [-0.4, -0.2) is 44.6 Å². The number of amides is 2. The van der Waals surface area contributed by atoms with Crippen LogP contribution in [0.15, 0.2) is 33.7 Å². The maximum Gasteiger partial charge on any atom is 0.324 e. The molecule has 0 bridgehead atoms. The van der Waals surface area contributed by atoms with E-state index < -0.39 is 10.0 Å². The molecule has 1 N–H and O–H groups in total. The highest BCUT2D eigenvalue weighted by Gasteiger charge is 2.26. The third-order valence-corrected chi connectivity index (χ3v) is 5.73. The van der Waals surface area contributed by atoms with Crippen LogP contribution in [0, 0.1) is 13.8 Å². The molecule has 0 saturated carbocycles. The van der Waals surface area contributed by atoms with Gasteiger partial charge in [-0.15, -0.1) is 0 Å². The quantitative estimate of drug-likeness (QED) is 0.898. The first kappa shape index (κ1) is 17.3. The third-order valence-electron chi connectivity index (χ3n) is 4.10. The van der Waals surface area contributed by atoms with Gasteiger partial charge in [-0.25, -0.2) is 13.2 Å². The number of nitrogens with zero attached hydrogens (tertiary/aromatic N) is 3. The number of nitrogens with one attached hydrogen (secondary N) is 1. The Morgan fingerprint density at radius 2 is 1.84 bits per heavy atom. The van der Waals surface area contributed by atoms with Crippen LogP contribution in [0.1, 0.15) is 17.9 Å². The summed E-state index contributed by atoms with van der Waals surface area (Å²) in [6, 6.07) is 6.65. The maximum atomic E-state index is 12.5. The number of aromatic nitrogens is 1. The second-order valence-corrected chi connectivity index (χ2v) is 7.63. The molecule has 1 aromatic carbocycles. The van der Waals surface area contributed by atoms with Gasteiger partial charge >= 0.3 is 6.03 Å². The van der Waals surface area contributed by atoms with Crippen molar-refractivity contribution in [2.45, 2.75) is 25.2 Å². The van der Waals surface area contributed by atoms with Gasteiger partial charge in [-0.2, -0.15) is 0 Å². The fourth-order valence-electron chi connectivity index (χ4n) is 2.88. The molecule has 8 nitrogen and oxygen atoms in total. The highest BCUT2D eigenvalue weighted by Crippen LogP contribution is 2.25. The largest absolute Gasteiger partial charge is 0.360 e. The first-order valence-electron chi connectivity index (χ1n) is 7.88. The van der Waals surface area contributed by atoms with Crippen LogP contribution in [0.5, 0.6) is 0 Å². The SMILES string of the molecule is Cc1noc(C)c1S(=O)(=O)Nc1ccc(N2CCCN(C)C2=O)cc1. The van der Waals surface area contributed by atoms with Gasteiger partial charge in [0.2, 0.25) is 0 Å². The highest BCUT2D eigenvalue weighted by molar-refractivity contribution is 7.92. The van der Waals surface area contributed by atoms with Gasteiger partial charge in [0.25, 0.3) is 10.0 Å². The van der Waals surface area contributed by atoms with Crippen molar-refractivity contribution in [3.05, 3.63) is 35.7 Å². The molecule has 0 unspecified atom stereocenters. The predicted octanol–water partition coefficient (Wildman–Crippen LogP) is 2.35. The Morgan fingerprint density at radius 1 is 1.16 bits per heavy atom. The minimum absolute atomic E-state index is 0.0457. The lowest BCUT2D eigenvalue weighted by atomic mass is 10.2. The summed E-state index contributed by atoms with van der Waals surface area (Å²) in [6.45, 7) is 4.51. The lowest BCUT2D eigenvalue weighted by Crippen LogP contribution is -2.47. The van der Waals surface area contributed by atoms with Crippen LogP contribution in [0.4, 0.5) is 16.2 Å². The zero-order valence-electron chi connectivity index (χ0n) is 14.3. The minimum atomic E-state index is -3.78. The summed E-state index contributed by atoms with van der Waals surface area (Å²) in [5, 5.41) is 3.67. The van der Waals surface area contributed by atoms with Gasteiger partial charge in [0.1, 0.15) is 5.69 Å². The average molecular weight is 364 g/mol. The number of aryl methyl sites for hydroxylation is 2. The fourth-order valence-corrected chi connectivity index (χ4v) is 4.27. The van der Waals surface area contributed by atoms with Gasteiger partial charge in [0.15, 0.2) is 10.7 Å². The Labute approximate surface area is 146 Å². The Hall–Kier alpha value is -2.55. The standard InChI is InChI=1S/C16H20N4O4S/c1-11-15(12(2)24-17-11)25(22,23)18-13-5-7-14(8-6-13)20-10-4-9-19(3)16(20)21/h5-8,18H,4,9-10H2,1-3H3. The number of carbonyl (C=O) groups is 1. The van der Waals surface area contributed by atoms with Crippen molar-refractivity contribution in [3.8, 4) is 0 Å². The van der Waals surface area contributed by atoms with Crippen molar-refractivity contribution in [1.82, 2.24) is 10.1 Å². The molecule has 1 saturated heterocycles. The summed E-state index contributed by atoms with van der Waals surface area (Å²) in [5.74, 6) is 0.239. The fraction of sp³-hybridized carbons (Fsp3) is 0.375. The summed E-state index contributed by atoms with van der Waals surface area (Å²) < 4.78 is 32.4. The molecule has 0 spiro atoms. The van der Waals surface area contributed by atoms with E-state index in [2.05, 4.69) is 9.88 Å². The van der Waals surface area contributed by atoms with Crippen LogP contribution in [0.25, 0.3) is 0 Å². The van der Waals surface area contributed by atoms with Gasteiger partial charge in [-0.1, -0.05) is 5.16 Å². The predicted molar refractivity (Wildman–Crippen MR) is 93.2 cm³/mol. The summed E-state index contributed by atoms with van der Waals surface area (Å²) in [5.41, 5.74) is 1.45. The Bertz CT molecular complexity index is 870. The van der Waals surface area contributed by atoms with Gasteiger partial charge in [-0.05, 0) is 44.5 Å². The zero-order chi connectivity index (χ0) is 18.2. The van der Waals surface area contributed by atoms with Gasteiger partial charge in [0.05, 0.1) is 0 Å². The van der Waals surface area contributed by atoms with E-state index in [1.165, 1.54) is 0 Å². The van der Waals surface area contributed by atoms with E-state index in [1.807, 2.05) is 0 Å². The van der Waals surface area contributed by atoms with Crippen LogP contribution in [0.2, 0.25) is 0 Å². The molecule has 134 valence electrons. The minimum Gasteiger partial charge on any atom is -0.360 e. The van der Waals surface area contributed by atoms with Crippen molar-refractivity contribution in [2.24, 2.45) is 0 Å². The molecule has 3 rings (SSSR count). The number of anilines is 2. The number of urea groups is 1. The van der Waals surface area contributed by atoms with Crippen LogP contribution >= 0.6 is 0 Å². The van der Waals surface area contributed by atoms with E-state index >= 15 is 0 Å². The number of carbonyl (C=O) groups excluding carboxylic acids is 1. The second kappa shape index (κ2) is 6.40. The first-order chi connectivity index (χ1) is 11.8. The molecule has 9 heteroatoms. The van der Waals surface area contributed by atoms with Crippen molar-refractivity contribution in [3.63, 3.8) is 0 Å². The molecule has 0 radical (unpaired) electrons. The highest BCUT2D eigenvalue weighted by atomic mass is 32.2. The Kier molecular flexibility index (Phi) is 4.42. The molecule has 2 aromatic rings. The number of hydrogen-bond acceptors (Lipinski definition) is 5. The smallest absolute Gasteiger partial charge is 0.324 e. The summed E-state index contributed by atoms with van der Waals surface area (Å²) >= 11 is 0. The van der Waals surface area contributed by atoms with Crippen LogP contribution in [-0.2, 0) is 10.0 Å². The molecular formula is C16H20N4O4S. The topological polar surface area (TPSA) is 95.8 Å². The van der Waals surface area contributed by atoms with Crippen LogP contribution < -0.4 is 9.62 Å². The van der Waals surface area contributed by atoms with E-state index in [1.54, 1.807) is 55.0 Å². The van der Waals surface area contributed by atoms with Gasteiger partial charge in [-0.3, -0.25) is 9.62 Å². The summed E-state index contributed by atoms with van der Waals surface area (Å²) in [4.78, 5) is 15.6. The van der Waals surface area contributed by atoms with E-state index in [4.69, 9.17) is 4.52 Å². The third kappa shape index (κ3) is 3.32. The number of hydrogen-bond donors (Lipinski definition) is 1. The van der Waals surface area contributed by atoms with Gasteiger partial charge in [0, 0.05) is 31.5 Å². The number of sulfonamides is 1. The molecule has 2 amide bonds. The van der Waals surface area contributed by atoms with E-state index in [9.17, 15) is 13.2 Å². The van der Waals surface area contributed by atoms with E-state index in [0.717, 1.165) is 18.7 Å². The zero-order valence-corrected chi connectivity index (χ0v) is 15.1. The monoisotopic (exact) mass is 364 g/mol. The van der Waals surface area contributed by atoms with Crippen molar-refractivity contribution >= 4 is 27.4 Å². The van der Waals surface area contributed by atoms with E-state index in [-0.39, 0.29) is 16.7 Å². The number of benzene rings is 1. The number of rotatable bonds is 4. The normalized spacial score (nSPS) is 15.6. The lowest BCUT2D eigenvalue weighted by molar-refractivity contribution is 0.207. The molecular weight excluding hydrogens is 344 g/mol. The van der Waals surface area contributed by atoms with Crippen molar-refractivity contribution < 1.29 is 17.7 Å². The molecule has 1 aliphatic heterocycles. The van der Waals surface area contributed by atoms with Crippen molar-refractivity contribution in [1.29, 1.82) is 0 Å². The Morgan fingerprint density at radius 3 is 2.44 bits per heavy atom. The summed E-state index contributed by atoms with van der Waals surface area (Å²) in [6.07, 6.45) is 0.892. The molecule has 1 aromatic heterocycles. The van der Waals surface area contributed by atoms with Crippen molar-refractivity contribution in [2.75, 3.05) is 29.8 Å². The average Bonchev–Trinajstić information content (AvgIpc) is 2.90. The van der Waals surface area contributed by atoms with Crippen LogP contribution in [0.3, 0.4) is 0 Å². The van der Waals surface area contributed by atoms with Gasteiger partial charge < -0.3 is 9.42 Å². The molecule has 1 fully saturated rings. The second-order valence-electron chi connectivity index (χ2n) is 6.01. The molecule has 0 atom stereocenters. The molecule has 2 heterocycles. The first-order valence-corrected chi connectivity index (χ1v) is 9.36. The molecule has 25 heavy (non-hydrogen) atoms. The molecule has 0 aliphatic carbocycles. The Balaban J connectivity index is 1.80. The molecule has 1 aliphatic rings. The van der Waals surface area contributed by atoms with E-state index in [0.29, 0.717) is 17.9 Å². The summed E-state index contributed by atoms with van der Waals surface area (Å²) in [7, 11) is -2.02. The maximum absolute atomic E-state index is 12.5.